The van der Waals surface area contributed by atoms with E-state index in [9.17, 15) is 13.2 Å². The second-order valence-electron chi connectivity index (χ2n) is 8.19. The van der Waals surface area contributed by atoms with Gasteiger partial charge in [0.2, 0.25) is 5.91 Å². The van der Waals surface area contributed by atoms with Crippen molar-refractivity contribution in [3.63, 3.8) is 0 Å². The van der Waals surface area contributed by atoms with Crippen LogP contribution in [0.4, 0.5) is 0 Å². The van der Waals surface area contributed by atoms with Crippen molar-refractivity contribution in [2.75, 3.05) is 26.2 Å². The highest BCUT2D eigenvalue weighted by Gasteiger charge is 2.33. The molecule has 1 aromatic heterocycles. The van der Waals surface area contributed by atoms with Crippen LogP contribution in [0.15, 0.2) is 58.7 Å². The third kappa shape index (κ3) is 4.99. The van der Waals surface area contributed by atoms with Crippen molar-refractivity contribution < 1.29 is 13.2 Å². The van der Waals surface area contributed by atoms with Gasteiger partial charge in [0.1, 0.15) is 11.9 Å². The molecule has 1 fully saturated rings. The summed E-state index contributed by atoms with van der Waals surface area (Å²) in [5, 5.41) is 0. The van der Waals surface area contributed by atoms with E-state index in [4.69, 9.17) is 0 Å². The summed E-state index contributed by atoms with van der Waals surface area (Å²) in [4.78, 5) is 26.4. The Labute approximate surface area is 189 Å². The van der Waals surface area contributed by atoms with Crippen molar-refractivity contribution in [2.45, 2.75) is 43.7 Å². The maximum absolute atomic E-state index is 13.3. The van der Waals surface area contributed by atoms with E-state index < -0.39 is 16.1 Å². The van der Waals surface area contributed by atoms with Gasteiger partial charge in [0.05, 0.1) is 4.90 Å². The topological polar surface area (TPSA) is 95.0 Å². The van der Waals surface area contributed by atoms with Crippen molar-refractivity contribution in [3.05, 3.63) is 59.9 Å². The van der Waals surface area contributed by atoms with Crippen LogP contribution in [0.3, 0.4) is 0 Å². The summed E-state index contributed by atoms with van der Waals surface area (Å²) in [6.45, 7) is 5.77. The molecule has 32 heavy (non-hydrogen) atoms. The monoisotopic (exact) mass is 455 g/mol. The van der Waals surface area contributed by atoms with Crippen molar-refractivity contribution in [2.24, 2.45) is 4.99 Å². The fourth-order valence-corrected chi connectivity index (χ4v) is 5.35. The number of nitrogens with zero attached hydrogens (tertiary/aromatic N) is 4. The van der Waals surface area contributed by atoms with Gasteiger partial charge in [0, 0.05) is 50.7 Å². The van der Waals surface area contributed by atoms with E-state index in [2.05, 4.69) is 26.5 Å². The summed E-state index contributed by atoms with van der Waals surface area (Å²) in [6.07, 6.45) is 5.98. The Morgan fingerprint density at radius 3 is 2.56 bits per heavy atom. The van der Waals surface area contributed by atoms with Crippen LogP contribution in [0.2, 0.25) is 0 Å². The number of carbonyl (C=O) groups excluding carboxylic acids is 1. The molecule has 1 aromatic carbocycles. The first-order chi connectivity index (χ1) is 15.5. The highest BCUT2D eigenvalue weighted by Crippen LogP contribution is 2.23. The Bertz CT molecular complexity index is 1080. The highest BCUT2D eigenvalue weighted by atomic mass is 32.2. The summed E-state index contributed by atoms with van der Waals surface area (Å²) >= 11 is 0. The minimum Gasteiger partial charge on any atom is -0.338 e. The average Bonchev–Trinajstić information content (AvgIpc) is 3.07. The number of pyridine rings is 1. The SMILES string of the molecule is CCCCC(N=C1NS(=O)(=O)c2ccccc21)C(=O)N1CCN(Cc2ccncc2)CC1. The molecule has 3 heterocycles. The number of piperazine rings is 1. The molecule has 0 saturated carbocycles. The first-order valence-electron chi connectivity index (χ1n) is 11.1. The number of benzene rings is 1. The zero-order chi connectivity index (χ0) is 22.6. The summed E-state index contributed by atoms with van der Waals surface area (Å²) < 4.78 is 27.4. The number of hydrogen-bond donors (Lipinski definition) is 1. The fraction of sp³-hybridized carbons (Fsp3) is 0.435. The molecule has 1 N–H and O–H groups in total. The molecule has 170 valence electrons. The van der Waals surface area contributed by atoms with Gasteiger partial charge in [-0.25, -0.2) is 8.42 Å². The standard InChI is InChI=1S/C23H29N5O3S/c1-2-3-7-20(25-22-19-6-4-5-8-21(19)32(30,31)26-22)23(29)28-15-13-27(14-16-28)17-18-9-11-24-12-10-18/h4-6,8-12,20H,2-3,7,13-17H2,1H3,(H,25,26). The van der Waals surface area contributed by atoms with Crippen LogP contribution in [0, 0.1) is 0 Å². The smallest absolute Gasteiger partial charge is 0.263 e. The summed E-state index contributed by atoms with van der Waals surface area (Å²) in [7, 11) is -3.63. The number of rotatable bonds is 7. The highest BCUT2D eigenvalue weighted by molar-refractivity contribution is 7.90. The van der Waals surface area contributed by atoms with E-state index in [1.807, 2.05) is 17.0 Å². The lowest BCUT2D eigenvalue weighted by Crippen LogP contribution is -2.51. The molecule has 1 atom stereocenters. The molecular weight excluding hydrogens is 426 g/mol. The lowest BCUT2D eigenvalue weighted by atomic mass is 10.1. The van der Waals surface area contributed by atoms with Crippen LogP contribution in [0.25, 0.3) is 0 Å². The van der Waals surface area contributed by atoms with E-state index >= 15 is 0 Å². The van der Waals surface area contributed by atoms with Gasteiger partial charge in [0.15, 0.2) is 0 Å². The summed E-state index contributed by atoms with van der Waals surface area (Å²) in [5.41, 5.74) is 1.74. The molecule has 0 spiro atoms. The first-order valence-corrected chi connectivity index (χ1v) is 12.6. The van der Waals surface area contributed by atoms with Crippen LogP contribution in [-0.4, -0.2) is 67.2 Å². The predicted octanol–water partition coefficient (Wildman–Crippen LogP) is 2.02. The van der Waals surface area contributed by atoms with Crippen LogP contribution in [-0.2, 0) is 21.4 Å². The molecule has 2 aliphatic rings. The first kappa shape index (κ1) is 22.4. The van der Waals surface area contributed by atoms with Crippen molar-refractivity contribution in [1.82, 2.24) is 19.5 Å². The van der Waals surface area contributed by atoms with Gasteiger partial charge in [-0.3, -0.25) is 24.4 Å². The maximum atomic E-state index is 13.3. The minimum atomic E-state index is -3.63. The number of sulfonamides is 1. The van der Waals surface area contributed by atoms with E-state index in [1.165, 1.54) is 5.56 Å². The predicted molar refractivity (Wildman–Crippen MR) is 123 cm³/mol. The number of carbonyl (C=O) groups is 1. The Hall–Kier alpha value is -2.78. The van der Waals surface area contributed by atoms with Gasteiger partial charge in [-0.2, -0.15) is 0 Å². The maximum Gasteiger partial charge on any atom is 0.263 e. The minimum absolute atomic E-state index is 0.0295. The van der Waals surface area contributed by atoms with E-state index in [0.29, 0.717) is 25.1 Å². The summed E-state index contributed by atoms with van der Waals surface area (Å²) in [6, 6.07) is 10.2. The third-order valence-corrected chi connectivity index (χ3v) is 7.30. The Morgan fingerprint density at radius 2 is 1.84 bits per heavy atom. The Morgan fingerprint density at radius 1 is 1.12 bits per heavy atom. The third-order valence-electron chi connectivity index (χ3n) is 5.90. The van der Waals surface area contributed by atoms with Crippen LogP contribution in [0.1, 0.15) is 37.3 Å². The number of aromatic nitrogens is 1. The van der Waals surface area contributed by atoms with E-state index in [1.54, 1.807) is 36.7 Å². The van der Waals surface area contributed by atoms with Crippen LogP contribution in [0.5, 0.6) is 0 Å². The molecular formula is C23H29N5O3S. The number of nitrogens with one attached hydrogen (secondary N) is 1. The molecule has 4 rings (SSSR count). The zero-order valence-electron chi connectivity index (χ0n) is 18.3. The summed E-state index contributed by atoms with van der Waals surface area (Å²) in [5.74, 6) is 0.240. The van der Waals surface area contributed by atoms with Crippen molar-refractivity contribution in [1.29, 1.82) is 0 Å². The van der Waals surface area contributed by atoms with Gasteiger partial charge >= 0.3 is 0 Å². The van der Waals surface area contributed by atoms with Crippen LogP contribution < -0.4 is 4.72 Å². The second-order valence-corrected chi connectivity index (χ2v) is 9.85. The number of hydrogen-bond acceptors (Lipinski definition) is 6. The molecule has 1 unspecified atom stereocenters. The lowest BCUT2D eigenvalue weighted by molar-refractivity contribution is -0.134. The van der Waals surface area contributed by atoms with Crippen LogP contribution >= 0.6 is 0 Å². The molecule has 0 bridgehead atoms. The normalized spacial score (nSPS) is 20.0. The number of amides is 1. The molecule has 9 heteroatoms. The zero-order valence-corrected chi connectivity index (χ0v) is 19.1. The van der Waals surface area contributed by atoms with E-state index in [-0.39, 0.29) is 16.6 Å². The number of fused-ring (bicyclic) bond motifs is 1. The number of amidine groups is 1. The van der Waals surface area contributed by atoms with Crippen molar-refractivity contribution >= 4 is 21.8 Å². The Kier molecular flexibility index (Phi) is 6.86. The molecule has 0 radical (unpaired) electrons. The molecule has 8 nitrogen and oxygen atoms in total. The number of unbranched alkanes of at least 4 members (excludes halogenated alkanes) is 1. The largest absolute Gasteiger partial charge is 0.338 e. The molecule has 1 amide bonds. The van der Waals surface area contributed by atoms with Gasteiger partial charge in [0.25, 0.3) is 10.0 Å². The van der Waals surface area contributed by atoms with Gasteiger partial charge in [-0.15, -0.1) is 0 Å². The molecule has 2 aromatic rings. The molecule has 2 aliphatic heterocycles. The molecule has 1 saturated heterocycles. The van der Waals surface area contributed by atoms with Gasteiger partial charge in [-0.1, -0.05) is 31.9 Å². The quantitative estimate of drug-likeness (QED) is 0.689. The van der Waals surface area contributed by atoms with Gasteiger partial charge < -0.3 is 4.90 Å². The molecule has 0 aliphatic carbocycles. The van der Waals surface area contributed by atoms with Gasteiger partial charge in [-0.05, 0) is 36.2 Å². The second kappa shape index (κ2) is 9.79. The van der Waals surface area contributed by atoms with E-state index in [0.717, 1.165) is 32.5 Å². The lowest BCUT2D eigenvalue weighted by Gasteiger charge is -2.36. The Balaban J connectivity index is 1.46. The number of aliphatic imine (C=N–C) groups is 1. The average molecular weight is 456 g/mol. The fourth-order valence-electron chi connectivity index (χ4n) is 4.11. The van der Waals surface area contributed by atoms with Crippen molar-refractivity contribution in [3.8, 4) is 0 Å².